The first kappa shape index (κ1) is 12.1. The lowest BCUT2D eigenvalue weighted by molar-refractivity contribution is 0.0575. The lowest BCUT2D eigenvalue weighted by Gasteiger charge is -2.22. The summed E-state index contributed by atoms with van der Waals surface area (Å²) in [7, 11) is 0. The van der Waals surface area contributed by atoms with Gasteiger partial charge in [-0.3, -0.25) is 0 Å². The summed E-state index contributed by atoms with van der Waals surface area (Å²) in [4.78, 5) is 4.35. The molecule has 3 nitrogen and oxygen atoms in total. The topological polar surface area (TPSA) is 53.4 Å². The van der Waals surface area contributed by atoms with Gasteiger partial charge >= 0.3 is 0 Å². The van der Waals surface area contributed by atoms with Crippen molar-refractivity contribution in [3.63, 3.8) is 0 Å². The molecule has 90 valence electrons. The molecular formula is C13H15NO2S. The number of thiazole rings is 1. The van der Waals surface area contributed by atoms with Crippen LogP contribution in [0.1, 0.15) is 23.2 Å². The van der Waals surface area contributed by atoms with Crippen molar-refractivity contribution >= 4 is 11.3 Å². The van der Waals surface area contributed by atoms with Crippen LogP contribution in [0.4, 0.5) is 0 Å². The van der Waals surface area contributed by atoms with E-state index in [-0.39, 0.29) is 5.75 Å². The van der Waals surface area contributed by atoms with Crippen molar-refractivity contribution in [2.24, 2.45) is 0 Å². The van der Waals surface area contributed by atoms with Crippen LogP contribution in [0.3, 0.4) is 0 Å². The Hall–Kier alpha value is -1.39. The summed E-state index contributed by atoms with van der Waals surface area (Å²) in [5.74, 6) is 0.203. The van der Waals surface area contributed by atoms with Crippen LogP contribution in [0.25, 0.3) is 0 Å². The Kier molecular flexibility index (Phi) is 3.17. The highest BCUT2D eigenvalue weighted by atomic mass is 32.1. The first-order valence-corrected chi connectivity index (χ1v) is 6.28. The van der Waals surface area contributed by atoms with Crippen LogP contribution < -0.4 is 0 Å². The van der Waals surface area contributed by atoms with Crippen molar-refractivity contribution in [3.8, 4) is 5.75 Å². The number of hydrogen-bond acceptors (Lipinski definition) is 4. The van der Waals surface area contributed by atoms with E-state index in [0.29, 0.717) is 6.42 Å². The standard InChI is InChI=1S/C13H15NO2S/c1-9-8-17-12(14-9)7-13(2,16)10-3-5-11(15)6-4-10/h3-6,8,15-16H,7H2,1-2H3. The summed E-state index contributed by atoms with van der Waals surface area (Å²) >= 11 is 1.55. The van der Waals surface area contributed by atoms with Crippen LogP contribution in [0, 0.1) is 6.92 Å². The highest BCUT2D eigenvalue weighted by molar-refractivity contribution is 7.09. The Labute approximate surface area is 104 Å². The molecule has 0 fully saturated rings. The fraction of sp³-hybridized carbons (Fsp3) is 0.308. The normalized spacial score (nSPS) is 14.5. The predicted molar refractivity (Wildman–Crippen MR) is 68.2 cm³/mol. The summed E-state index contributed by atoms with van der Waals surface area (Å²) < 4.78 is 0. The molecule has 17 heavy (non-hydrogen) atoms. The van der Waals surface area contributed by atoms with Crippen molar-refractivity contribution in [2.45, 2.75) is 25.9 Å². The Morgan fingerprint density at radius 2 is 1.94 bits per heavy atom. The van der Waals surface area contributed by atoms with Crippen molar-refractivity contribution in [1.29, 1.82) is 0 Å². The molecule has 1 atom stereocenters. The maximum atomic E-state index is 10.4. The number of phenols is 1. The number of nitrogens with zero attached hydrogens (tertiary/aromatic N) is 1. The second kappa shape index (κ2) is 4.47. The number of rotatable bonds is 3. The van der Waals surface area contributed by atoms with Gasteiger partial charge in [0.1, 0.15) is 5.75 Å². The largest absolute Gasteiger partial charge is 0.508 e. The number of benzene rings is 1. The zero-order valence-electron chi connectivity index (χ0n) is 9.84. The van der Waals surface area contributed by atoms with Crippen LogP contribution in [0.5, 0.6) is 5.75 Å². The minimum atomic E-state index is -0.960. The molecule has 2 aromatic rings. The van der Waals surface area contributed by atoms with Crippen molar-refractivity contribution in [1.82, 2.24) is 4.98 Å². The Bertz CT molecular complexity index is 502. The highest BCUT2D eigenvalue weighted by Crippen LogP contribution is 2.27. The van der Waals surface area contributed by atoms with Gasteiger partial charge in [0.2, 0.25) is 0 Å². The molecule has 1 heterocycles. The number of aryl methyl sites for hydroxylation is 1. The summed E-state index contributed by atoms with van der Waals surface area (Å²) in [6.07, 6.45) is 0.482. The van der Waals surface area contributed by atoms with Crippen molar-refractivity contribution < 1.29 is 10.2 Å². The van der Waals surface area contributed by atoms with Crippen LogP contribution in [0.2, 0.25) is 0 Å². The van der Waals surface area contributed by atoms with E-state index in [2.05, 4.69) is 4.98 Å². The number of hydrogen-bond donors (Lipinski definition) is 2. The molecule has 1 aromatic heterocycles. The molecule has 0 aliphatic carbocycles. The summed E-state index contributed by atoms with van der Waals surface area (Å²) in [6.45, 7) is 3.70. The highest BCUT2D eigenvalue weighted by Gasteiger charge is 2.24. The van der Waals surface area contributed by atoms with E-state index in [1.54, 1.807) is 42.5 Å². The van der Waals surface area contributed by atoms with Crippen LogP contribution in [-0.4, -0.2) is 15.2 Å². The lowest BCUT2D eigenvalue weighted by Crippen LogP contribution is -2.24. The second-order valence-corrected chi connectivity index (χ2v) is 5.32. The van der Waals surface area contributed by atoms with Gasteiger partial charge in [0.25, 0.3) is 0 Å². The van der Waals surface area contributed by atoms with E-state index in [1.165, 1.54) is 0 Å². The SMILES string of the molecule is Cc1csc(CC(C)(O)c2ccc(O)cc2)n1. The molecule has 0 bridgehead atoms. The average Bonchev–Trinajstić information content (AvgIpc) is 2.63. The van der Waals surface area contributed by atoms with Crippen molar-refractivity contribution in [3.05, 3.63) is 45.9 Å². The zero-order valence-corrected chi connectivity index (χ0v) is 10.7. The third-order valence-electron chi connectivity index (χ3n) is 2.65. The molecule has 0 aliphatic heterocycles. The molecule has 0 amide bonds. The van der Waals surface area contributed by atoms with E-state index in [4.69, 9.17) is 0 Å². The molecule has 4 heteroatoms. The molecule has 0 aliphatic rings. The molecule has 1 aromatic carbocycles. The summed E-state index contributed by atoms with van der Waals surface area (Å²) in [5.41, 5.74) is 0.799. The van der Waals surface area contributed by atoms with E-state index in [0.717, 1.165) is 16.3 Å². The van der Waals surface area contributed by atoms with E-state index >= 15 is 0 Å². The van der Waals surface area contributed by atoms with Gasteiger partial charge in [-0.15, -0.1) is 11.3 Å². The summed E-state index contributed by atoms with van der Waals surface area (Å²) in [5, 5.41) is 22.5. The third-order valence-corrected chi connectivity index (χ3v) is 3.62. The maximum absolute atomic E-state index is 10.4. The summed E-state index contributed by atoms with van der Waals surface area (Å²) in [6, 6.07) is 6.62. The molecule has 1 unspecified atom stereocenters. The van der Waals surface area contributed by atoms with E-state index in [9.17, 15) is 10.2 Å². The maximum Gasteiger partial charge on any atom is 0.115 e. The monoisotopic (exact) mass is 249 g/mol. The Balaban J connectivity index is 2.21. The van der Waals surface area contributed by atoms with Gasteiger partial charge in [-0.25, -0.2) is 4.98 Å². The van der Waals surface area contributed by atoms with Gasteiger partial charge < -0.3 is 10.2 Å². The molecule has 0 saturated heterocycles. The minimum absolute atomic E-state index is 0.203. The lowest BCUT2D eigenvalue weighted by atomic mass is 9.93. The van der Waals surface area contributed by atoms with Crippen molar-refractivity contribution in [2.75, 3.05) is 0 Å². The average molecular weight is 249 g/mol. The first-order chi connectivity index (χ1) is 7.97. The Morgan fingerprint density at radius 3 is 2.47 bits per heavy atom. The van der Waals surface area contributed by atoms with Gasteiger partial charge in [-0.2, -0.15) is 0 Å². The van der Waals surface area contributed by atoms with Crippen LogP contribution >= 0.6 is 11.3 Å². The van der Waals surface area contributed by atoms with Gasteiger partial charge in [0, 0.05) is 17.5 Å². The fourth-order valence-electron chi connectivity index (χ4n) is 1.70. The molecule has 2 N–H and O–H groups in total. The molecule has 0 saturated carbocycles. The second-order valence-electron chi connectivity index (χ2n) is 4.38. The number of phenolic OH excluding ortho intramolecular Hbond substituents is 1. The van der Waals surface area contributed by atoms with E-state index < -0.39 is 5.60 Å². The van der Waals surface area contributed by atoms with Crippen LogP contribution in [0.15, 0.2) is 29.6 Å². The molecule has 2 rings (SSSR count). The van der Waals surface area contributed by atoms with Gasteiger partial charge in [-0.1, -0.05) is 12.1 Å². The first-order valence-electron chi connectivity index (χ1n) is 5.40. The van der Waals surface area contributed by atoms with Gasteiger partial charge in [0.15, 0.2) is 0 Å². The quantitative estimate of drug-likeness (QED) is 0.879. The number of aromatic hydroxyl groups is 1. The zero-order chi connectivity index (χ0) is 12.5. The number of aromatic nitrogens is 1. The number of aliphatic hydroxyl groups is 1. The fourth-order valence-corrected chi connectivity index (χ4v) is 2.62. The smallest absolute Gasteiger partial charge is 0.115 e. The van der Waals surface area contributed by atoms with Gasteiger partial charge in [0.05, 0.1) is 10.6 Å². The predicted octanol–water partition coefficient (Wildman–Crippen LogP) is 2.61. The van der Waals surface area contributed by atoms with Gasteiger partial charge in [-0.05, 0) is 31.5 Å². The molecule has 0 spiro atoms. The Morgan fingerprint density at radius 1 is 1.29 bits per heavy atom. The van der Waals surface area contributed by atoms with E-state index in [1.807, 2.05) is 12.3 Å². The molecular weight excluding hydrogens is 234 g/mol. The molecule has 0 radical (unpaired) electrons. The third kappa shape index (κ3) is 2.84. The minimum Gasteiger partial charge on any atom is -0.508 e. The van der Waals surface area contributed by atoms with Crippen LogP contribution in [-0.2, 0) is 12.0 Å².